The number of carboxylic acids is 2. The molecule has 0 saturated heterocycles. The van der Waals surface area contributed by atoms with Crippen molar-refractivity contribution in [2.24, 2.45) is 0 Å². The number of nitriles is 1. The Morgan fingerprint density at radius 1 is 0.968 bits per heavy atom. The number of halogens is 1. The van der Waals surface area contributed by atoms with Gasteiger partial charge in [-0.2, -0.15) is 5.26 Å². The molecule has 8 nitrogen and oxygen atoms in total. The van der Waals surface area contributed by atoms with Crippen molar-refractivity contribution in [2.75, 3.05) is 5.32 Å². The molecule has 0 aliphatic rings. The maximum absolute atomic E-state index is 12.3. The molecule has 31 heavy (non-hydrogen) atoms. The van der Waals surface area contributed by atoms with Crippen molar-refractivity contribution < 1.29 is 29.0 Å². The first-order chi connectivity index (χ1) is 14.8. The van der Waals surface area contributed by atoms with Gasteiger partial charge in [0.15, 0.2) is 0 Å². The van der Waals surface area contributed by atoms with E-state index in [4.69, 9.17) is 16.0 Å². The molecule has 3 aromatic rings. The number of aromatic carboxylic acids is 2. The molecule has 3 rings (SSSR count). The average molecular weight is 437 g/mol. The summed E-state index contributed by atoms with van der Waals surface area (Å²) in [7, 11) is 0. The van der Waals surface area contributed by atoms with E-state index in [1.165, 1.54) is 30.3 Å². The molecule has 9 heteroatoms. The van der Waals surface area contributed by atoms with E-state index in [1.54, 1.807) is 30.3 Å². The van der Waals surface area contributed by atoms with Crippen LogP contribution in [0.15, 0.2) is 64.6 Å². The number of hydrogen-bond donors (Lipinski definition) is 3. The third-order valence-electron chi connectivity index (χ3n) is 4.09. The molecule has 0 atom stereocenters. The number of carbonyl (C=O) groups excluding carboxylic acids is 1. The van der Waals surface area contributed by atoms with Crippen molar-refractivity contribution in [2.45, 2.75) is 0 Å². The zero-order valence-electron chi connectivity index (χ0n) is 15.6. The van der Waals surface area contributed by atoms with Gasteiger partial charge in [-0.1, -0.05) is 11.6 Å². The third kappa shape index (κ3) is 5.18. The molecule has 0 fully saturated rings. The van der Waals surface area contributed by atoms with E-state index in [1.807, 2.05) is 0 Å². The SMILES string of the molecule is N#C/C(=C\c1ccc(-c2cc(C(=O)O)cc(C(=O)O)c2)o1)C(=O)Nc1ccc(Cl)cc1. The Hall–Kier alpha value is -4.35. The van der Waals surface area contributed by atoms with E-state index in [-0.39, 0.29) is 33.8 Å². The molecule has 154 valence electrons. The van der Waals surface area contributed by atoms with E-state index in [0.717, 1.165) is 6.07 Å². The van der Waals surface area contributed by atoms with Crippen molar-refractivity contribution in [3.05, 3.63) is 82.1 Å². The maximum Gasteiger partial charge on any atom is 0.335 e. The Labute approximate surface area is 180 Å². The molecule has 1 amide bonds. The van der Waals surface area contributed by atoms with E-state index in [9.17, 15) is 29.9 Å². The van der Waals surface area contributed by atoms with Crippen LogP contribution in [0, 0.1) is 11.3 Å². The van der Waals surface area contributed by atoms with E-state index < -0.39 is 17.8 Å². The summed E-state index contributed by atoms with van der Waals surface area (Å²) < 4.78 is 5.58. The number of carbonyl (C=O) groups is 3. The second kappa shape index (κ2) is 8.98. The lowest BCUT2D eigenvalue weighted by atomic mass is 10.0. The van der Waals surface area contributed by atoms with Crippen LogP contribution in [0.3, 0.4) is 0 Å². The van der Waals surface area contributed by atoms with Gasteiger partial charge in [0.1, 0.15) is 23.2 Å². The minimum Gasteiger partial charge on any atom is -0.478 e. The Balaban J connectivity index is 1.88. The number of benzene rings is 2. The first kappa shape index (κ1) is 21.4. The number of carboxylic acid groups (broad SMARTS) is 2. The van der Waals surface area contributed by atoms with Crippen LogP contribution in [0.2, 0.25) is 5.02 Å². The standard InChI is InChI=1S/C22H13ClN2O6/c23-16-1-3-17(4-2-16)25-20(26)15(11-24)10-18-5-6-19(31-18)12-7-13(21(27)28)9-14(8-12)22(29)30/h1-10H,(H,25,26)(H,27,28)(H,29,30)/b15-10+. The third-order valence-corrected chi connectivity index (χ3v) is 4.34. The van der Waals surface area contributed by atoms with Crippen molar-refractivity contribution in [1.29, 1.82) is 5.26 Å². The molecule has 0 aliphatic carbocycles. The minimum atomic E-state index is -1.29. The van der Waals surface area contributed by atoms with Gasteiger partial charge in [-0.25, -0.2) is 9.59 Å². The number of furan rings is 1. The number of amides is 1. The predicted molar refractivity (Wildman–Crippen MR) is 112 cm³/mol. The van der Waals surface area contributed by atoms with Gasteiger partial charge in [-0.15, -0.1) is 0 Å². The smallest absolute Gasteiger partial charge is 0.335 e. The summed E-state index contributed by atoms with van der Waals surface area (Å²) in [5.41, 5.74) is -0.00305. The van der Waals surface area contributed by atoms with Crippen LogP contribution in [0.4, 0.5) is 5.69 Å². The number of anilines is 1. The number of nitrogens with one attached hydrogen (secondary N) is 1. The van der Waals surface area contributed by atoms with Crippen molar-refractivity contribution >= 4 is 41.2 Å². The summed E-state index contributed by atoms with van der Waals surface area (Å²) in [5, 5.41) is 30.8. The van der Waals surface area contributed by atoms with Gasteiger partial charge >= 0.3 is 11.9 Å². The molecule has 0 spiro atoms. The quantitative estimate of drug-likeness (QED) is 0.380. The normalized spacial score (nSPS) is 10.9. The lowest BCUT2D eigenvalue weighted by Gasteiger charge is -2.04. The Bertz CT molecular complexity index is 1220. The van der Waals surface area contributed by atoms with Gasteiger partial charge in [-0.3, -0.25) is 4.79 Å². The monoisotopic (exact) mass is 436 g/mol. The van der Waals surface area contributed by atoms with Crippen LogP contribution < -0.4 is 5.32 Å². The minimum absolute atomic E-state index is 0.149. The summed E-state index contributed by atoms with van der Waals surface area (Å²) >= 11 is 5.80. The van der Waals surface area contributed by atoms with Crippen molar-refractivity contribution in [3.63, 3.8) is 0 Å². The van der Waals surface area contributed by atoms with Crippen LogP contribution in [0.5, 0.6) is 0 Å². The lowest BCUT2D eigenvalue weighted by Crippen LogP contribution is -2.13. The highest BCUT2D eigenvalue weighted by Gasteiger charge is 2.15. The number of nitrogens with zero attached hydrogens (tertiary/aromatic N) is 1. The number of hydrogen-bond acceptors (Lipinski definition) is 5. The van der Waals surface area contributed by atoms with Gasteiger partial charge in [0.2, 0.25) is 0 Å². The van der Waals surface area contributed by atoms with Crippen LogP contribution in [0.25, 0.3) is 17.4 Å². The molecular formula is C22H13ClN2O6. The summed E-state index contributed by atoms with van der Waals surface area (Å²) in [5.74, 6) is -2.92. The zero-order valence-corrected chi connectivity index (χ0v) is 16.4. The van der Waals surface area contributed by atoms with Crippen molar-refractivity contribution in [1.82, 2.24) is 0 Å². The lowest BCUT2D eigenvalue weighted by molar-refractivity contribution is -0.112. The molecule has 1 heterocycles. The van der Waals surface area contributed by atoms with E-state index in [2.05, 4.69) is 5.32 Å². The predicted octanol–water partition coefficient (Wildman–Crippen LogP) is 4.54. The highest BCUT2D eigenvalue weighted by atomic mass is 35.5. The second-order valence-corrected chi connectivity index (χ2v) is 6.68. The highest BCUT2D eigenvalue weighted by Crippen LogP contribution is 2.26. The van der Waals surface area contributed by atoms with Crippen LogP contribution in [-0.4, -0.2) is 28.1 Å². The van der Waals surface area contributed by atoms with E-state index in [0.29, 0.717) is 10.7 Å². The van der Waals surface area contributed by atoms with Crippen LogP contribution >= 0.6 is 11.6 Å². The van der Waals surface area contributed by atoms with Gasteiger partial charge < -0.3 is 19.9 Å². The Morgan fingerprint density at radius 3 is 2.13 bits per heavy atom. The largest absolute Gasteiger partial charge is 0.478 e. The zero-order chi connectivity index (χ0) is 22.5. The van der Waals surface area contributed by atoms with Crippen LogP contribution in [0.1, 0.15) is 26.5 Å². The van der Waals surface area contributed by atoms with Gasteiger partial charge in [0.25, 0.3) is 5.91 Å². The first-order valence-corrected chi connectivity index (χ1v) is 9.05. The summed E-state index contributed by atoms with van der Waals surface area (Å²) in [6, 6.07) is 14.6. The molecule has 2 aromatic carbocycles. The molecule has 0 radical (unpaired) electrons. The summed E-state index contributed by atoms with van der Waals surface area (Å²) in [6.07, 6.45) is 1.22. The topological polar surface area (TPSA) is 141 Å². The highest BCUT2D eigenvalue weighted by molar-refractivity contribution is 6.30. The summed E-state index contributed by atoms with van der Waals surface area (Å²) in [6.45, 7) is 0. The van der Waals surface area contributed by atoms with Crippen molar-refractivity contribution in [3.8, 4) is 17.4 Å². The van der Waals surface area contributed by atoms with E-state index >= 15 is 0 Å². The molecule has 1 aromatic heterocycles. The van der Waals surface area contributed by atoms with Gasteiger partial charge in [0.05, 0.1) is 11.1 Å². The Morgan fingerprint density at radius 2 is 1.58 bits per heavy atom. The molecule has 0 unspecified atom stereocenters. The summed E-state index contributed by atoms with van der Waals surface area (Å²) in [4.78, 5) is 34.9. The second-order valence-electron chi connectivity index (χ2n) is 6.24. The molecule has 0 bridgehead atoms. The molecule has 3 N–H and O–H groups in total. The fourth-order valence-corrected chi connectivity index (χ4v) is 2.75. The molecular weight excluding hydrogens is 424 g/mol. The fourth-order valence-electron chi connectivity index (χ4n) is 2.62. The molecule has 0 aliphatic heterocycles. The average Bonchev–Trinajstić information content (AvgIpc) is 3.22. The first-order valence-electron chi connectivity index (χ1n) is 8.67. The fraction of sp³-hybridized carbons (Fsp3) is 0. The Kier molecular flexibility index (Phi) is 6.19. The maximum atomic E-state index is 12.3. The number of rotatable bonds is 6. The molecule has 0 saturated carbocycles. The van der Waals surface area contributed by atoms with Gasteiger partial charge in [0, 0.05) is 22.3 Å². The van der Waals surface area contributed by atoms with Gasteiger partial charge in [-0.05, 0) is 54.6 Å². The van der Waals surface area contributed by atoms with Crippen LogP contribution in [-0.2, 0) is 4.79 Å².